The summed E-state index contributed by atoms with van der Waals surface area (Å²) < 4.78 is 16.2. The van der Waals surface area contributed by atoms with Gasteiger partial charge in [0.1, 0.15) is 6.10 Å². The molecule has 1 aliphatic rings. The second-order valence-electron chi connectivity index (χ2n) is 9.66. The molecular formula is C32H24Br4O4. The summed E-state index contributed by atoms with van der Waals surface area (Å²) in [6.07, 6.45) is -1.62. The maximum atomic E-state index is 13.6. The average molecular weight is 792 g/mol. The van der Waals surface area contributed by atoms with E-state index in [1.54, 1.807) is 48.5 Å². The van der Waals surface area contributed by atoms with Crippen molar-refractivity contribution in [3.63, 3.8) is 0 Å². The van der Waals surface area contributed by atoms with Crippen molar-refractivity contribution in [3.05, 3.63) is 136 Å². The summed E-state index contributed by atoms with van der Waals surface area (Å²) >= 11 is 15.0. The molecule has 0 radical (unpaired) electrons. The first-order valence-corrected chi connectivity index (χ1v) is 15.8. The monoisotopic (exact) mass is 788 g/mol. The number of esters is 2. The van der Waals surface area contributed by atoms with Crippen LogP contribution in [0.1, 0.15) is 61.7 Å². The molecule has 4 nitrogen and oxygen atoms in total. The largest absolute Gasteiger partial charge is 0.454 e. The van der Waals surface area contributed by atoms with Gasteiger partial charge in [-0.15, -0.1) is 0 Å². The van der Waals surface area contributed by atoms with Crippen LogP contribution in [0.3, 0.4) is 0 Å². The fourth-order valence-electron chi connectivity index (χ4n) is 5.36. The molecule has 0 saturated heterocycles. The minimum Gasteiger partial charge on any atom is -0.454 e. The lowest BCUT2D eigenvalue weighted by atomic mass is 9.70. The van der Waals surface area contributed by atoms with Gasteiger partial charge in [-0.3, -0.25) is 0 Å². The van der Waals surface area contributed by atoms with Crippen LogP contribution < -0.4 is 0 Å². The highest BCUT2D eigenvalue weighted by atomic mass is 79.9. The van der Waals surface area contributed by atoms with Gasteiger partial charge in [0.05, 0.1) is 17.0 Å². The first-order valence-electron chi connectivity index (χ1n) is 12.6. The van der Waals surface area contributed by atoms with Crippen LogP contribution in [0.4, 0.5) is 0 Å². The molecule has 0 saturated carbocycles. The van der Waals surface area contributed by atoms with E-state index in [0.717, 1.165) is 40.1 Å². The Morgan fingerprint density at radius 2 is 1.00 bits per heavy atom. The van der Waals surface area contributed by atoms with Crippen LogP contribution in [0.25, 0.3) is 0 Å². The third kappa shape index (κ3) is 5.60. The van der Waals surface area contributed by atoms with Gasteiger partial charge in [0.25, 0.3) is 0 Å². The first-order chi connectivity index (χ1) is 19.2. The summed E-state index contributed by atoms with van der Waals surface area (Å²) in [5.41, 5.74) is 4.74. The van der Waals surface area contributed by atoms with Gasteiger partial charge in [-0.1, -0.05) is 107 Å². The number of carbonyl (C=O) groups excluding carboxylic acids is 2. The molecule has 1 aliphatic carbocycles. The highest BCUT2D eigenvalue weighted by Crippen LogP contribution is 2.52. The summed E-state index contributed by atoms with van der Waals surface area (Å²) in [5.74, 6) is -1.73. The van der Waals surface area contributed by atoms with E-state index in [1.165, 1.54) is 0 Å². The van der Waals surface area contributed by atoms with Crippen molar-refractivity contribution in [2.45, 2.75) is 37.9 Å². The van der Waals surface area contributed by atoms with E-state index in [0.29, 0.717) is 11.1 Å². The van der Waals surface area contributed by atoms with Crippen LogP contribution in [-0.2, 0) is 9.47 Å². The maximum Gasteiger partial charge on any atom is 0.338 e. The van der Waals surface area contributed by atoms with Crippen LogP contribution in [-0.4, -0.2) is 24.1 Å². The lowest BCUT2D eigenvalue weighted by Crippen LogP contribution is -2.47. The number of fused-ring (bicyclic) bond motifs is 1. The zero-order chi connectivity index (χ0) is 28.6. The van der Waals surface area contributed by atoms with Crippen LogP contribution in [0.5, 0.6) is 0 Å². The number of hydrogen-bond acceptors (Lipinski definition) is 4. The van der Waals surface area contributed by atoms with Crippen molar-refractivity contribution in [1.29, 1.82) is 0 Å². The zero-order valence-electron chi connectivity index (χ0n) is 21.5. The fourth-order valence-corrected chi connectivity index (χ4v) is 7.68. The van der Waals surface area contributed by atoms with Crippen molar-refractivity contribution in [3.8, 4) is 0 Å². The maximum absolute atomic E-state index is 13.6. The van der Waals surface area contributed by atoms with E-state index in [4.69, 9.17) is 9.47 Å². The molecule has 8 heteroatoms. The van der Waals surface area contributed by atoms with Crippen LogP contribution in [0, 0.1) is 6.92 Å². The highest BCUT2D eigenvalue weighted by molar-refractivity contribution is 9.11. The van der Waals surface area contributed by atoms with Gasteiger partial charge >= 0.3 is 11.9 Å². The van der Waals surface area contributed by atoms with Crippen LogP contribution >= 0.6 is 63.7 Å². The van der Waals surface area contributed by atoms with Crippen molar-refractivity contribution in [1.82, 2.24) is 0 Å². The van der Waals surface area contributed by atoms with Crippen LogP contribution in [0.15, 0.2) is 103 Å². The molecule has 4 aromatic rings. The van der Waals surface area contributed by atoms with Gasteiger partial charge in [-0.25, -0.2) is 9.59 Å². The van der Waals surface area contributed by atoms with Crippen molar-refractivity contribution in [2.75, 3.05) is 0 Å². The Balaban J connectivity index is 1.73. The Morgan fingerprint density at radius 3 is 1.52 bits per heavy atom. The molecule has 0 aliphatic heterocycles. The van der Waals surface area contributed by atoms with Crippen molar-refractivity contribution >= 4 is 75.7 Å². The summed E-state index contributed by atoms with van der Waals surface area (Å²) in [6.45, 7) is 4.02. The lowest BCUT2D eigenvalue weighted by molar-refractivity contribution is -0.0535. The standard InChI is InChI=1S/C32H24Br4O4/c1-17-21(33)13-14-22(34)25(17)28-27-24(36)16-15-23(35)26(27)18(2)29(39-31(37)19-9-5-3-6-10-19)30(28)40-32(38)20-11-7-4-8-12-20/h3-16,18,28-30H,1-2H3. The Bertz CT molecular complexity index is 1570. The average Bonchev–Trinajstić information content (AvgIpc) is 2.96. The van der Waals surface area contributed by atoms with E-state index in [2.05, 4.69) is 63.7 Å². The minimum absolute atomic E-state index is 0.300. The fraction of sp³-hybridized carbons (Fsp3) is 0.188. The Labute approximate surface area is 267 Å². The molecule has 0 bridgehead atoms. The number of carbonyl (C=O) groups is 2. The number of halogens is 4. The Kier molecular flexibility index (Phi) is 9.00. The Morgan fingerprint density at radius 1 is 0.575 bits per heavy atom. The zero-order valence-corrected chi connectivity index (χ0v) is 27.9. The smallest absolute Gasteiger partial charge is 0.338 e. The number of rotatable bonds is 5. The molecule has 4 atom stereocenters. The van der Waals surface area contributed by atoms with Gasteiger partial charge < -0.3 is 9.47 Å². The quantitative estimate of drug-likeness (QED) is 0.189. The molecule has 0 aromatic heterocycles. The molecule has 0 fully saturated rings. The number of ether oxygens (including phenoxy) is 2. The van der Waals surface area contributed by atoms with E-state index in [1.807, 2.05) is 50.2 Å². The predicted molar refractivity (Wildman–Crippen MR) is 170 cm³/mol. The van der Waals surface area contributed by atoms with E-state index in [-0.39, 0.29) is 5.92 Å². The van der Waals surface area contributed by atoms with Crippen molar-refractivity contribution < 1.29 is 19.1 Å². The topological polar surface area (TPSA) is 52.6 Å². The molecule has 204 valence electrons. The summed E-state index contributed by atoms with van der Waals surface area (Å²) in [7, 11) is 0. The molecule has 5 rings (SSSR count). The van der Waals surface area contributed by atoms with Gasteiger partial charge in [0, 0.05) is 23.8 Å². The van der Waals surface area contributed by atoms with Crippen LogP contribution in [0.2, 0.25) is 0 Å². The van der Waals surface area contributed by atoms with E-state index < -0.39 is 30.1 Å². The third-order valence-corrected chi connectivity index (χ3v) is 10.2. The molecule has 4 unspecified atom stereocenters. The van der Waals surface area contributed by atoms with E-state index >= 15 is 0 Å². The summed E-state index contributed by atoms with van der Waals surface area (Å²) in [6, 6.07) is 25.6. The molecule has 4 aromatic carbocycles. The van der Waals surface area contributed by atoms with Gasteiger partial charge in [0.2, 0.25) is 0 Å². The first kappa shape index (κ1) is 29.2. The summed E-state index contributed by atoms with van der Waals surface area (Å²) in [5, 5.41) is 0. The second kappa shape index (κ2) is 12.3. The normalized spacial score (nSPS) is 19.9. The lowest BCUT2D eigenvalue weighted by Gasteiger charge is -2.43. The highest BCUT2D eigenvalue weighted by Gasteiger charge is 2.49. The number of hydrogen-bond donors (Lipinski definition) is 0. The van der Waals surface area contributed by atoms with Gasteiger partial charge in [0.15, 0.2) is 6.10 Å². The van der Waals surface area contributed by atoms with Gasteiger partial charge in [-0.2, -0.15) is 0 Å². The summed E-state index contributed by atoms with van der Waals surface area (Å²) in [4.78, 5) is 27.0. The number of benzene rings is 4. The molecule has 0 spiro atoms. The Hall–Kier alpha value is -2.26. The predicted octanol–water partition coefficient (Wildman–Crippen LogP) is 9.75. The molecule has 40 heavy (non-hydrogen) atoms. The third-order valence-electron chi connectivity index (χ3n) is 7.30. The molecule has 0 amide bonds. The van der Waals surface area contributed by atoms with Gasteiger partial charge in [-0.05, 0) is 77.7 Å². The molecule has 0 N–H and O–H groups in total. The second-order valence-corrected chi connectivity index (χ2v) is 13.1. The molecular weight excluding hydrogens is 768 g/mol. The minimum atomic E-state index is -0.835. The SMILES string of the molecule is Cc1c(Br)ccc(Br)c1C1c2c(Br)ccc(Br)c2C(C)C(OC(=O)c2ccccc2)C1OC(=O)c1ccccc1. The van der Waals surface area contributed by atoms with E-state index in [9.17, 15) is 9.59 Å². The molecule has 0 heterocycles. The van der Waals surface area contributed by atoms with Crippen molar-refractivity contribution in [2.24, 2.45) is 0 Å².